The standard InChI is InChI=1S/C5H9NO4/c1-2-3(7)4(6-10)5(8)9/h4,6,10H,2H2,1H3,(H,8,9)/t4-/m0/s1. The van der Waals surface area contributed by atoms with Gasteiger partial charge in [0, 0.05) is 6.42 Å². The van der Waals surface area contributed by atoms with Crippen LogP contribution in [0.15, 0.2) is 0 Å². The number of ketones is 1. The van der Waals surface area contributed by atoms with Gasteiger partial charge in [0.15, 0.2) is 11.8 Å². The van der Waals surface area contributed by atoms with Crippen molar-refractivity contribution in [1.29, 1.82) is 0 Å². The average Bonchev–Trinajstić information content (AvgIpc) is 1.88. The zero-order valence-electron chi connectivity index (χ0n) is 5.50. The Morgan fingerprint density at radius 3 is 2.20 bits per heavy atom. The number of aliphatic carboxylic acids is 1. The van der Waals surface area contributed by atoms with Gasteiger partial charge in [-0.2, -0.15) is 5.48 Å². The summed E-state index contributed by atoms with van der Waals surface area (Å²) >= 11 is 0. The van der Waals surface area contributed by atoms with Gasteiger partial charge in [0.1, 0.15) is 0 Å². The minimum absolute atomic E-state index is 0.0878. The highest BCUT2D eigenvalue weighted by molar-refractivity contribution is 6.01. The fourth-order valence-electron chi connectivity index (χ4n) is 0.469. The highest BCUT2D eigenvalue weighted by Gasteiger charge is 2.22. The predicted molar refractivity (Wildman–Crippen MR) is 31.6 cm³/mol. The van der Waals surface area contributed by atoms with E-state index in [0.717, 1.165) is 0 Å². The SMILES string of the molecule is CCC(=O)[C@H](NO)C(=O)O. The van der Waals surface area contributed by atoms with Crippen LogP contribution >= 0.6 is 0 Å². The quantitative estimate of drug-likeness (QED) is 0.365. The molecule has 5 nitrogen and oxygen atoms in total. The van der Waals surface area contributed by atoms with Gasteiger partial charge in [0.25, 0.3) is 0 Å². The Kier molecular flexibility index (Phi) is 3.60. The molecule has 0 aliphatic heterocycles. The van der Waals surface area contributed by atoms with Gasteiger partial charge in [-0.15, -0.1) is 0 Å². The molecule has 0 aliphatic carbocycles. The molecule has 0 spiro atoms. The first kappa shape index (κ1) is 9.06. The molecule has 0 aromatic rings. The second-order valence-electron chi connectivity index (χ2n) is 1.72. The summed E-state index contributed by atoms with van der Waals surface area (Å²) < 4.78 is 0. The van der Waals surface area contributed by atoms with Crippen LogP contribution in [0.1, 0.15) is 13.3 Å². The molecule has 0 saturated heterocycles. The summed E-state index contributed by atoms with van der Waals surface area (Å²) in [4.78, 5) is 20.7. The van der Waals surface area contributed by atoms with Crippen LogP contribution in [-0.4, -0.2) is 28.1 Å². The van der Waals surface area contributed by atoms with E-state index in [0.29, 0.717) is 0 Å². The van der Waals surface area contributed by atoms with Gasteiger partial charge >= 0.3 is 5.97 Å². The van der Waals surface area contributed by atoms with E-state index in [4.69, 9.17) is 10.3 Å². The number of carboxylic acid groups (broad SMARTS) is 1. The van der Waals surface area contributed by atoms with Crippen molar-refractivity contribution < 1.29 is 19.9 Å². The third kappa shape index (κ3) is 2.12. The molecule has 0 rings (SSSR count). The van der Waals surface area contributed by atoms with E-state index in [1.165, 1.54) is 12.4 Å². The van der Waals surface area contributed by atoms with Crippen molar-refractivity contribution in [3.05, 3.63) is 0 Å². The zero-order chi connectivity index (χ0) is 8.15. The smallest absolute Gasteiger partial charge is 0.330 e. The van der Waals surface area contributed by atoms with E-state index in [1.54, 1.807) is 0 Å². The molecule has 0 aromatic heterocycles. The molecular formula is C5H9NO4. The third-order valence-corrected chi connectivity index (χ3v) is 1.05. The fourth-order valence-corrected chi connectivity index (χ4v) is 0.469. The molecule has 0 fully saturated rings. The van der Waals surface area contributed by atoms with Crippen molar-refractivity contribution >= 4 is 11.8 Å². The molecule has 0 aromatic carbocycles. The van der Waals surface area contributed by atoms with Gasteiger partial charge in [0.2, 0.25) is 0 Å². The lowest BCUT2D eigenvalue weighted by Crippen LogP contribution is -2.41. The molecule has 0 radical (unpaired) electrons. The lowest BCUT2D eigenvalue weighted by atomic mass is 10.1. The Labute approximate surface area is 57.6 Å². The first-order chi connectivity index (χ1) is 4.63. The number of hydroxylamine groups is 1. The van der Waals surface area contributed by atoms with Gasteiger partial charge < -0.3 is 10.3 Å². The fraction of sp³-hybridized carbons (Fsp3) is 0.600. The van der Waals surface area contributed by atoms with E-state index in [2.05, 4.69) is 0 Å². The molecule has 0 amide bonds. The van der Waals surface area contributed by atoms with Crippen molar-refractivity contribution in [2.45, 2.75) is 19.4 Å². The second kappa shape index (κ2) is 3.97. The summed E-state index contributed by atoms with van der Waals surface area (Å²) in [7, 11) is 0. The van der Waals surface area contributed by atoms with Crippen molar-refractivity contribution in [1.82, 2.24) is 5.48 Å². The predicted octanol–water partition coefficient (Wildman–Crippen LogP) is -0.603. The van der Waals surface area contributed by atoms with Gasteiger partial charge in [0.05, 0.1) is 0 Å². The Morgan fingerprint density at radius 1 is 1.60 bits per heavy atom. The highest BCUT2D eigenvalue weighted by Crippen LogP contribution is 1.89. The number of nitrogens with one attached hydrogen (secondary N) is 1. The van der Waals surface area contributed by atoms with E-state index in [9.17, 15) is 9.59 Å². The summed E-state index contributed by atoms with van der Waals surface area (Å²) in [6, 6.07) is -1.48. The van der Waals surface area contributed by atoms with E-state index in [-0.39, 0.29) is 6.42 Å². The van der Waals surface area contributed by atoms with Crippen LogP contribution < -0.4 is 5.48 Å². The van der Waals surface area contributed by atoms with Crippen molar-refractivity contribution in [3.8, 4) is 0 Å². The average molecular weight is 147 g/mol. The Bertz CT molecular complexity index is 145. The van der Waals surface area contributed by atoms with Crippen LogP contribution in [0.4, 0.5) is 0 Å². The van der Waals surface area contributed by atoms with Crippen LogP contribution in [0, 0.1) is 0 Å². The molecule has 0 aliphatic rings. The van der Waals surface area contributed by atoms with E-state index >= 15 is 0 Å². The summed E-state index contributed by atoms with van der Waals surface area (Å²) in [5, 5.41) is 16.4. The molecule has 0 unspecified atom stereocenters. The van der Waals surface area contributed by atoms with Crippen LogP contribution in [0.25, 0.3) is 0 Å². The largest absolute Gasteiger partial charge is 0.480 e. The Hall–Kier alpha value is -0.940. The first-order valence-corrected chi connectivity index (χ1v) is 2.78. The topological polar surface area (TPSA) is 86.6 Å². The Morgan fingerprint density at radius 2 is 2.10 bits per heavy atom. The van der Waals surface area contributed by atoms with E-state index < -0.39 is 17.8 Å². The highest BCUT2D eigenvalue weighted by atomic mass is 16.5. The molecule has 5 heteroatoms. The number of carbonyl (C=O) groups excluding carboxylic acids is 1. The second-order valence-corrected chi connectivity index (χ2v) is 1.72. The lowest BCUT2D eigenvalue weighted by Gasteiger charge is -2.05. The summed E-state index contributed by atoms with van der Waals surface area (Å²) in [5.74, 6) is -1.91. The molecule has 3 N–H and O–H groups in total. The van der Waals surface area contributed by atoms with Gasteiger partial charge in [-0.25, -0.2) is 4.79 Å². The van der Waals surface area contributed by atoms with Crippen LogP contribution in [0.5, 0.6) is 0 Å². The first-order valence-electron chi connectivity index (χ1n) is 2.78. The van der Waals surface area contributed by atoms with Crippen molar-refractivity contribution in [2.75, 3.05) is 0 Å². The number of carboxylic acids is 1. The number of Topliss-reactive ketones (excluding diaryl/α,β-unsaturated/α-hetero) is 1. The lowest BCUT2D eigenvalue weighted by molar-refractivity contribution is -0.146. The molecule has 58 valence electrons. The number of rotatable bonds is 4. The molecule has 0 saturated carbocycles. The van der Waals surface area contributed by atoms with E-state index in [1.807, 2.05) is 0 Å². The maximum Gasteiger partial charge on any atom is 0.330 e. The minimum atomic E-state index is -1.48. The van der Waals surface area contributed by atoms with Crippen molar-refractivity contribution in [2.24, 2.45) is 0 Å². The molecule has 0 heterocycles. The normalized spacial score (nSPS) is 12.6. The molecule has 10 heavy (non-hydrogen) atoms. The van der Waals surface area contributed by atoms with Crippen LogP contribution in [0.3, 0.4) is 0 Å². The number of carbonyl (C=O) groups is 2. The number of hydrogen-bond donors (Lipinski definition) is 3. The maximum absolute atomic E-state index is 10.6. The molecule has 0 bridgehead atoms. The van der Waals surface area contributed by atoms with Gasteiger partial charge in [-0.1, -0.05) is 6.92 Å². The van der Waals surface area contributed by atoms with Gasteiger partial charge in [-0.05, 0) is 0 Å². The summed E-state index contributed by atoms with van der Waals surface area (Å²) in [5.41, 5.74) is 1.40. The van der Waals surface area contributed by atoms with Crippen LogP contribution in [0.2, 0.25) is 0 Å². The van der Waals surface area contributed by atoms with Crippen LogP contribution in [-0.2, 0) is 9.59 Å². The maximum atomic E-state index is 10.6. The third-order valence-electron chi connectivity index (χ3n) is 1.05. The van der Waals surface area contributed by atoms with Crippen molar-refractivity contribution in [3.63, 3.8) is 0 Å². The Balaban J connectivity index is 4.06. The minimum Gasteiger partial charge on any atom is -0.480 e. The summed E-state index contributed by atoms with van der Waals surface area (Å²) in [6.07, 6.45) is 0.0878. The monoisotopic (exact) mass is 147 g/mol. The van der Waals surface area contributed by atoms with Gasteiger partial charge in [-0.3, -0.25) is 4.79 Å². The summed E-state index contributed by atoms with van der Waals surface area (Å²) in [6.45, 7) is 1.52. The molecular weight excluding hydrogens is 138 g/mol. The zero-order valence-corrected chi connectivity index (χ0v) is 5.50. The number of hydrogen-bond acceptors (Lipinski definition) is 4. The molecule has 1 atom stereocenters.